The lowest BCUT2D eigenvalue weighted by Gasteiger charge is -2.07. The fourth-order valence-electron chi connectivity index (χ4n) is 2.42. The zero-order valence-electron chi connectivity index (χ0n) is 15.8. The minimum Gasteiger partial charge on any atom is -0.399 e. The van der Waals surface area contributed by atoms with Gasteiger partial charge in [-0.15, -0.1) is 10.2 Å². The summed E-state index contributed by atoms with van der Waals surface area (Å²) in [7, 11) is 0. The summed E-state index contributed by atoms with van der Waals surface area (Å²) in [5, 5.41) is 20.3. The Bertz CT molecular complexity index is 1090. The predicted octanol–water partition coefficient (Wildman–Crippen LogP) is 5.00. The second-order valence-corrected chi connectivity index (χ2v) is 5.89. The van der Waals surface area contributed by atoms with Gasteiger partial charge in [-0.3, -0.25) is 9.59 Å². The molecular formula is C22H19N5O2. The second-order valence-electron chi connectivity index (χ2n) is 5.89. The lowest BCUT2D eigenvalue weighted by molar-refractivity contribution is -0.114. The number of allylic oxidation sites excluding steroid dienone is 4. The van der Waals surface area contributed by atoms with Gasteiger partial charge >= 0.3 is 0 Å². The van der Waals surface area contributed by atoms with E-state index in [1.54, 1.807) is 30.3 Å². The maximum atomic E-state index is 12.5. The number of azo groups is 1. The molecule has 7 nitrogen and oxygen atoms in total. The number of amides is 1. The van der Waals surface area contributed by atoms with E-state index in [0.29, 0.717) is 28.2 Å². The number of hydrogen-bond acceptors (Lipinski definition) is 6. The van der Waals surface area contributed by atoms with Crippen molar-refractivity contribution in [1.29, 1.82) is 5.26 Å². The summed E-state index contributed by atoms with van der Waals surface area (Å²) in [4.78, 5) is 23.9. The first-order valence-electron chi connectivity index (χ1n) is 8.52. The van der Waals surface area contributed by atoms with Crippen LogP contribution in [0.2, 0.25) is 0 Å². The molecule has 1 amide bonds. The van der Waals surface area contributed by atoms with E-state index in [9.17, 15) is 14.9 Å². The van der Waals surface area contributed by atoms with Crippen LogP contribution in [0.4, 0.5) is 22.7 Å². The maximum absolute atomic E-state index is 12.5. The first kappa shape index (κ1) is 21.0. The number of nitrogens with two attached hydrogens (primary N) is 1. The first-order chi connectivity index (χ1) is 13.9. The summed E-state index contributed by atoms with van der Waals surface area (Å²) < 4.78 is 0. The average molecular weight is 385 g/mol. The van der Waals surface area contributed by atoms with Gasteiger partial charge in [0.15, 0.2) is 5.78 Å². The van der Waals surface area contributed by atoms with E-state index in [2.05, 4.69) is 28.7 Å². The minimum absolute atomic E-state index is 0.179. The van der Waals surface area contributed by atoms with E-state index in [1.807, 2.05) is 6.07 Å². The fourth-order valence-corrected chi connectivity index (χ4v) is 2.42. The zero-order valence-corrected chi connectivity index (χ0v) is 15.8. The van der Waals surface area contributed by atoms with Crippen molar-refractivity contribution in [2.24, 2.45) is 10.2 Å². The van der Waals surface area contributed by atoms with Crippen LogP contribution in [0.5, 0.6) is 0 Å². The number of nitrogens with one attached hydrogen (secondary N) is 1. The number of nitriles is 1. The van der Waals surface area contributed by atoms with Crippen molar-refractivity contribution in [3.63, 3.8) is 0 Å². The van der Waals surface area contributed by atoms with E-state index < -0.39 is 0 Å². The summed E-state index contributed by atoms with van der Waals surface area (Å²) in [6.07, 6.45) is 4.45. The number of carbonyl (C=O) groups is 2. The highest BCUT2D eigenvalue weighted by molar-refractivity contribution is 6.11. The zero-order chi connectivity index (χ0) is 21.4. The van der Waals surface area contributed by atoms with Crippen molar-refractivity contribution in [2.45, 2.75) is 6.92 Å². The number of benzene rings is 2. The molecule has 0 radical (unpaired) electrons. The van der Waals surface area contributed by atoms with E-state index >= 15 is 0 Å². The summed E-state index contributed by atoms with van der Waals surface area (Å²) in [5.74, 6) is -0.565. The molecule has 0 aliphatic heterocycles. The van der Waals surface area contributed by atoms with Crippen molar-refractivity contribution in [3.05, 3.63) is 84.5 Å². The molecule has 144 valence electrons. The van der Waals surface area contributed by atoms with E-state index in [4.69, 9.17) is 5.73 Å². The molecular weight excluding hydrogens is 366 g/mol. The molecule has 0 atom stereocenters. The van der Waals surface area contributed by atoms with Crippen LogP contribution >= 0.6 is 0 Å². The smallest absolute Gasteiger partial charge is 0.221 e. The molecule has 29 heavy (non-hydrogen) atoms. The van der Waals surface area contributed by atoms with Crippen LogP contribution in [0, 0.1) is 11.3 Å². The van der Waals surface area contributed by atoms with Crippen LogP contribution in [0.25, 0.3) is 0 Å². The van der Waals surface area contributed by atoms with Crippen molar-refractivity contribution < 1.29 is 9.59 Å². The summed E-state index contributed by atoms with van der Waals surface area (Å²) in [5.41, 5.74) is 8.11. The number of hydrogen-bond donors (Lipinski definition) is 2. The van der Waals surface area contributed by atoms with Crippen molar-refractivity contribution in [3.8, 4) is 6.07 Å². The fraction of sp³-hybridized carbons (Fsp3) is 0.0455. The molecule has 0 saturated carbocycles. The normalized spacial score (nSPS) is 11.0. The lowest BCUT2D eigenvalue weighted by atomic mass is 10.0. The summed E-state index contributed by atoms with van der Waals surface area (Å²) >= 11 is 0. The SMILES string of the molecule is C=C/C=C(\C=C)C(=O)c1ccc(N=Nc2ccc(N)cc2NC(C)=O)c(C#N)c1. The third-order valence-corrected chi connectivity index (χ3v) is 3.76. The van der Waals surface area contributed by atoms with E-state index in [0.717, 1.165) is 0 Å². The largest absolute Gasteiger partial charge is 0.399 e. The Hall–Kier alpha value is -4.31. The Labute approximate surface area is 168 Å². The Kier molecular flexibility index (Phi) is 6.93. The molecule has 0 heterocycles. The highest BCUT2D eigenvalue weighted by atomic mass is 16.1. The molecule has 0 bridgehead atoms. The van der Waals surface area contributed by atoms with Gasteiger partial charge in [-0.2, -0.15) is 5.26 Å². The molecule has 2 rings (SSSR count). The highest BCUT2D eigenvalue weighted by Gasteiger charge is 2.12. The predicted molar refractivity (Wildman–Crippen MR) is 113 cm³/mol. The van der Waals surface area contributed by atoms with Gasteiger partial charge < -0.3 is 11.1 Å². The second kappa shape index (κ2) is 9.58. The molecule has 0 aromatic heterocycles. The van der Waals surface area contributed by atoms with Gasteiger partial charge in [0.1, 0.15) is 17.4 Å². The van der Waals surface area contributed by atoms with Crippen LogP contribution in [0.15, 0.2) is 83.6 Å². The molecule has 0 aliphatic carbocycles. The van der Waals surface area contributed by atoms with E-state index in [-0.39, 0.29) is 22.9 Å². The number of Topliss-reactive ketones (excluding diaryl/α,β-unsaturated/α-hetero) is 1. The van der Waals surface area contributed by atoms with Gasteiger partial charge in [0.05, 0.1) is 11.3 Å². The van der Waals surface area contributed by atoms with Gasteiger partial charge in [0, 0.05) is 23.7 Å². The number of rotatable bonds is 7. The minimum atomic E-state index is -0.286. The van der Waals surface area contributed by atoms with Crippen LogP contribution < -0.4 is 11.1 Å². The molecule has 3 N–H and O–H groups in total. The third kappa shape index (κ3) is 5.34. The standard InChI is InChI=1S/C22H19N5O2/c1-4-6-15(5-2)22(29)16-7-9-19(17(11-16)13-23)26-27-20-10-8-18(24)12-21(20)25-14(3)28/h4-12H,1-2,24H2,3H3,(H,25,28)/b15-6+,27-26?. The first-order valence-corrected chi connectivity index (χ1v) is 8.52. The van der Waals surface area contributed by atoms with Crippen LogP contribution in [-0.2, 0) is 4.79 Å². The number of nitrogens with zero attached hydrogens (tertiary/aromatic N) is 3. The monoisotopic (exact) mass is 385 g/mol. The molecule has 0 fully saturated rings. The van der Waals surface area contributed by atoms with Crippen LogP contribution in [-0.4, -0.2) is 11.7 Å². The van der Waals surface area contributed by atoms with Gasteiger partial charge in [-0.05, 0) is 36.4 Å². The molecule has 0 aliphatic rings. The van der Waals surface area contributed by atoms with Crippen LogP contribution in [0.3, 0.4) is 0 Å². The molecule has 7 heteroatoms. The molecule has 2 aromatic carbocycles. The maximum Gasteiger partial charge on any atom is 0.221 e. The van der Waals surface area contributed by atoms with Gasteiger partial charge in [-0.25, -0.2) is 0 Å². The Morgan fingerprint density at radius 1 is 1.14 bits per heavy atom. The molecule has 0 saturated heterocycles. The van der Waals surface area contributed by atoms with Gasteiger partial charge in [0.25, 0.3) is 0 Å². The number of anilines is 2. The van der Waals surface area contributed by atoms with Crippen LogP contribution in [0.1, 0.15) is 22.8 Å². The Morgan fingerprint density at radius 3 is 2.45 bits per heavy atom. The molecule has 0 unspecified atom stereocenters. The molecule has 0 spiro atoms. The van der Waals surface area contributed by atoms with Crippen molar-refractivity contribution in [2.75, 3.05) is 11.1 Å². The topological polar surface area (TPSA) is 121 Å². The number of carbonyl (C=O) groups excluding carboxylic acids is 2. The number of ketones is 1. The highest BCUT2D eigenvalue weighted by Crippen LogP contribution is 2.30. The van der Waals surface area contributed by atoms with Crippen molar-refractivity contribution in [1.82, 2.24) is 0 Å². The third-order valence-electron chi connectivity index (χ3n) is 3.76. The van der Waals surface area contributed by atoms with Gasteiger partial charge in [-0.1, -0.05) is 31.4 Å². The summed E-state index contributed by atoms with van der Waals surface area (Å²) in [6, 6.07) is 11.3. The lowest BCUT2D eigenvalue weighted by Crippen LogP contribution is -2.06. The number of nitrogen functional groups attached to an aromatic ring is 1. The Morgan fingerprint density at radius 2 is 1.83 bits per heavy atom. The van der Waals surface area contributed by atoms with E-state index in [1.165, 1.54) is 31.2 Å². The quantitative estimate of drug-likeness (QED) is 0.229. The van der Waals surface area contributed by atoms with Gasteiger partial charge in [0.2, 0.25) is 5.91 Å². The average Bonchev–Trinajstić information content (AvgIpc) is 2.70. The van der Waals surface area contributed by atoms with Crippen molar-refractivity contribution >= 4 is 34.4 Å². The molecule has 2 aromatic rings. The Balaban J connectivity index is 2.40. The summed E-state index contributed by atoms with van der Waals surface area (Å²) in [6.45, 7) is 8.54.